The molecule has 0 amide bonds. The number of hydrogen-bond donors (Lipinski definition) is 0. The van der Waals surface area contributed by atoms with Crippen LogP contribution >= 0.6 is 0 Å². The van der Waals surface area contributed by atoms with Crippen LogP contribution in [-0.4, -0.2) is 79.5 Å². The summed E-state index contributed by atoms with van der Waals surface area (Å²) < 4.78 is 29.3. The van der Waals surface area contributed by atoms with E-state index in [4.69, 9.17) is 0 Å². The Morgan fingerprint density at radius 1 is 0.864 bits per heavy atom. The summed E-state index contributed by atoms with van der Waals surface area (Å²) in [5.41, 5.74) is -0.717. The summed E-state index contributed by atoms with van der Waals surface area (Å²) in [4.78, 5) is 6.65. The predicted octanol–water partition coefficient (Wildman–Crippen LogP) is 2.38. The van der Waals surface area contributed by atoms with Gasteiger partial charge in [-0.3, -0.25) is 4.90 Å². The summed E-state index contributed by atoms with van der Waals surface area (Å²) in [5.74, 6) is -1.90. The SMILES string of the molecule is CCN1CCC(CN2CCC3(CN(CC)C3)C(F)(F)C2)CC1. The summed E-state index contributed by atoms with van der Waals surface area (Å²) in [6.45, 7) is 11.5. The van der Waals surface area contributed by atoms with Gasteiger partial charge in [0.1, 0.15) is 0 Å². The summed E-state index contributed by atoms with van der Waals surface area (Å²) in [7, 11) is 0. The van der Waals surface area contributed by atoms with Crippen LogP contribution in [0.1, 0.15) is 33.1 Å². The normalized spacial score (nSPS) is 30.5. The first-order valence-electron chi connectivity index (χ1n) is 9.03. The van der Waals surface area contributed by atoms with Crippen LogP contribution in [-0.2, 0) is 0 Å². The lowest BCUT2D eigenvalue weighted by Gasteiger charge is -2.57. The number of rotatable bonds is 4. The number of hydrogen-bond acceptors (Lipinski definition) is 3. The topological polar surface area (TPSA) is 9.72 Å². The highest BCUT2D eigenvalue weighted by Crippen LogP contribution is 2.50. The van der Waals surface area contributed by atoms with Crippen LogP contribution in [0.4, 0.5) is 8.78 Å². The molecule has 0 aromatic carbocycles. The van der Waals surface area contributed by atoms with E-state index in [2.05, 4.69) is 23.6 Å². The molecule has 0 atom stereocenters. The largest absolute Gasteiger partial charge is 0.304 e. The Morgan fingerprint density at radius 2 is 1.50 bits per heavy atom. The molecule has 22 heavy (non-hydrogen) atoms. The number of halogens is 2. The summed E-state index contributed by atoms with van der Waals surface area (Å²) in [5, 5.41) is 0. The quantitative estimate of drug-likeness (QED) is 0.789. The van der Waals surface area contributed by atoms with E-state index < -0.39 is 11.3 Å². The monoisotopic (exact) mass is 315 g/mol. The standard InChI is InChI=1S/C17H31F2N3/c1-3-20-8-5-15(6-9-20)11-22-10-7-16(17(18,19)14-22)12-21(4-2)13-16/h15H,3-14H2,1-2H3. The molecule has 3 aliphatic heterocycles. The summed E-state index contributed by atoms with van der Waals surface area (Å²) in [6.07, 6.45) is 3.01. The van der Waals surface area contributed by atoms with Crippen molar-refractivity contribution in [3.05, 3.63) is 0 Å². The minimum Gasteiger partial charge on any atom is -0.304 e. The van der Waals surface area contributed by atoms with E-state index in [9.17, 15) is 8.78 Å². The highest BCUT2D eigenvalue weighted by molar-refractivity contribution is 5.07. The van der Waals surface area contributed by atoms with Crippen molar-refractivity contribution in [3.8, 4) is 0 Å². The van der Waals surface area contributed by atoms with E-state index in [-0.39, 0.29) is 6.54 Å². The Hall–Kier alpha value is -0.260. The first-order chi connectivity index (χ1) is 10.5. The first-order valence-corrected chi connectivity index (χ1v) is 9.03. The first kappa shape index (κ1) is 16.6. The third-order valence-corrected chi connectivity index (χ3v) is 6.28. The van der Waals surface area contributed by atoms with Gasteiger partial charge >= 0.3 is 0 Å². The van der Waals surface area contributed by atoms with Crippen molar-refractivity contribution in [1.29, 1.82) is 0 Å². The molecule has 1 spiro atoms. The average molecular weight is 315 g/mol. The minimum absolute atomic E-state index is 0.0153. The van der Waals surface area contributed by atoms with E-state index in [1.54, 1.807) is 0 Å². The van der Waals surface area contributed by atoms with Crippen LogP contribution in [0.2, 0.25) is 0 Å². The Labute approximate surface area is 133 Å². The fourth-order valence-corrected chi connectivity index (χ4v) is 4.51. The molecule has 3 fully saturated rings. The molecule has 0 saturated carbocycles. The maximum absolute atomic E-state index is 14.7. The Bertz CT molecular complexity index is 374. The van der Waals surface area contributed by atoms with Crippen molar-refractivity contribution in [3.63, 3.8) is 0 Å². The lowest BCUT2D eigenvalue weighted by Crippen LogP contribution is -2.70. The zero-order chi connectivity index (χ0) is 15.8. The van der Waals surface area contributed by atoms with Gasteiger partial charge in [0.05, 0.1) is 12.0 Å². The molecule has 3 rings (SSSR count). The van der Waals surface area contributed by atoms with Crippen molar-refractivity contribution in [1.82, 2.24) is 14.7 Å². The number of nitrogens with zero attached hydrogens (tertiary/aromatic N) is 3. The molecule has 3 heterocycles. The van der Waals surface area contributed by atoms with Crippen LogP contribution in [0.15, 0.2) is 0 Å². The lowest BCUT2D eigenvalue weighted by atomic mass is 9.69. The molecule has 0 N–H and O–H groups in total. The van der Waals surface area contributed by atoms with Crippen molar-refractivity contribution in [2.24, 2.45) is 11.3 Å². The molecule has 128 valence electrons. The molecular weight excluding hydrogens is 284 g/mol. The van der Waals surface area contributed by atoms with Gasteiger partial charge in [-0.25, -0.2) is 8.78 Å². The molecule has 3 aliphatic rings. The zero-order valence-corrected chi connectivity index (χ0v) is 14.2. The van der Waals surface area contributed by atoms with Gasteiger partial charge in [0.2, 0.25) is 0 Å². The average Bonchev–Trinajstić information content (AvgIpc) is 2.45. The van der Waals surface area contributed by atoms with Gasteiger partial charge in [-0.15, -0.1) is 0 Å². The highest BCUT2D eigenvalue weighted by Gasteiger charge is 2.61. The molecule has 3 nitrogen and oxygen atoms in total. The predicted molar refractivity (Wildman–Crippen MR) is 85.4 cm³/mol. The van der Waals surface area contributed by atoms with Gasteiger partial charge in [0, 0.05) is 19.6 Å². The van der Waals surface area contributed by atoms with Crippen LogP contribution in [0, 0.1) is 11.3 Å². The van der Waals surface area contributed by atoms with Crippen molar-refractivity contribution in [2.75, 3.05) is 58.9 Å². The molecule has 5 heteroatoms. The van der Waals surface area contributed by atoms with Crippen LogP contribution in [0.25, 0.3) is 0 Å². The number of piperidine rings is 2. The molecule has 0 radical (unpaired) electrons. The molecule has 0 unspecified atom stereocenters. The fourth-order valence-electron chi connectivity index (χ4n) is 4.51. The molecule has 0 aromatic rings. The second-order valence-corrected chi connectivity index (χ2v) is 7.65. The lowest BCUT2D eigenvalue weighted by molar-refractivity contribution is -0.224. The second-order valence-electron chi connectivity index (χ2n) is 7.65. The molecular formula is C17H31F2N3. The second kappa shape index (κ2) is 6.33. The number of likely N-dealkylation sites (tertiary alicyclic amines) is 3. The smallest absolute Gasteiger partial charge is 0.268 e. The van der Waals surface area contributed by atoms with E-state index >= 15 is 0 Å². The third kappa shape index (κ3) is 3.04. The van der Waals surface area contributed by atoms with Gasteiger partial charge in [-0.1, -0.05) is 13.8 Å². The molecule has 0 aliphatic carbocycles. The van der Waals surface area contributed by atoms with Crippen molar-refractivity contribution >= 4 is 0 Å². The van der Waals surface area contributed by atoms with E-state index in [1.807, 2.05) is 4.90 Å². The Kier molecular flexibility index (Phi) is 4.77. The third-order valence-electron chi connectivity index (χ3n) is 6.28. The van der Waals surface area contributed by atoms with Gasteiger partial charge in [-0.2, -0.15) is 0 Å². The minimum atomic E-state index is -2.51. The summed E-state index contributed by atoms with van der Waals surface area (Å²) in [6, 6.07) is 0. The van der Waals surface area contributed by atoms with Crippen LogP contribution in [0.5, 0.6) is 0 Å². The van der Waals surface area contributed by atoms with E-state index in [0.717, 1.165) is 39.3 Å². The Morgan fingerprint density at radius 3 is 2.05 bits per heavy atom. The van der Waals surface area contributed by atoms with Gasteiger partial charge in [0.25, 0.3) is 5.92 Å². The van der Waals surface area contributed by atoms with E-state index in [0.29, 0.717) is 25.4 Å². The highest BCUT2D eigenvalue weighted by atomic mass is 19.3. The summed E-state index contributed by atoms with van der Waals surface area (Å²) >= 11 is 0. The fraction of sp³-hybridized carbons (Fsp3) is 1.00. The van der Waals surface area contributed by atoms with Crippen molar-refractivity contribution < 1.29 is 8.78 Å². The number of alkyl halides is 2. The van der Waals surface area contributed by atoms with Gasteiger partial charge in [-0.05, 0) is 57.9 Å². The molecule has 3 saturated heterocycles. The van der Waals surface area contributed by atoms with Gasteiger partial charge < -0.3 is 9.80 Å². The van der Waals surface area contributed by atoms with Crippen LogP contribution < -0.4 is 0 Å². The molecule has 0 bridgehead atoms. The Balaban J connectivity index is 1.50. The van der Waals surface area contributed by atoms with Crippen LogP contribution in [0.3, 0.4) is 0 Å². The zero-order valence-electron chi connectivity index (χ0n) is 14.2. The van der Waals surface area contributed by atoms with Crippen molar-refractivity contribution in [2.45, 2.75) is 39.0 Å². The maximum Gasteiger partial charge on any atom is 0.268 e. The van der Waals surface area contributed by atoms with Gasteiger partial charge in [0.15, 0.2) is 0 Å². The maximum atomic E-state index is 14.7. The van der Waals surface area contributed by atoms with E-state index in [1.165, 1.54) is 12.8 Å². The molecule has 0 aromatic heterocycles.